The minimum absolute atomic E-state index is 0.103. The zero-order chi connectivity index (χ0) is 23.2. The second-order valence-electron chi connectivity index (χ2n) is 6.55. The number of para-hydroxylation sites is 1. The highest BCUT2D eigenvalue weighted by Crippen LogP contribution is 2.30. The molecule has 0 radical (unpaired) electrons. The van der Waals surface area contributed by atoms with Crippen LogP contribution in [-0.4, -0.2) is 20.5 Å². The average molecular weight is 462 g/mol. The molecule has 6 nitrogen and oxygen atoms in total. The molecule has 0 heterocycles. The number of rotatable bonds is 7. The second-order valence-corrected chi connectivity index (χ2v) is 8.10. The van der Waals surface area contributed by atoms with E-state index >= 15 is 0 Å². The standard InChI is InChI=1S/C22H17F3N2O4S/c23-22(24,25)18-10-12-19(13-11-18)32(29,30)31-20-9-5-4-8-17(20)15-26-27-21(28)14-16-6-2-1-3-7-16/h1-13,15H,14H2,(H,27,28)/b26-15+. The molecule has 0 aliphatic heterocycles. The van der Waals surface area contributed by atoms with Gasteiger partial charge >= 0.3 is 16.3 Å². The van der Waals surface area contributed by atoms with Gasteiger partial charge in [-0.2, -0.15) is 26.7 Å². The van der Waals surface area contributed by atoms with E-state index in [0.29, 0.717) is 12.1 Å². The normalized spacial score (nSPS) is 12.0. The van der Waals surface area contributed by atoms with E-state index in [-0.39, 0.29) is 23.6 Å². The van der Waals surface area contributed by atoms with Gasteiger partial charge in [0.05, 0.1) is 18.2 Å². The lowest BCUT2D eigenvalue weighted by Gasteiger charge is -2.11. The average Bonchev–Trinajstić information content (AvgIpc) is 2.75. The molecule has 0 fully saturated rings. The molecule has 3 aromatic carbocycles. The van der Waals surface area contributed by atoms with Gasteiger partial charge in [-0.15, -0.1) is 0 Å². The molecule has 0 aliphatic rings. The summed E-state index contributed by atoms with van der Waals surface area (Å²) >= 11 is 0. The number of carbonyl (C=O) groups is 1. The lowest BCUT2D eigenvalue weighted by Crippen LogP contribution is -2.19. The highest BCUT2D eigenvalue weighted by atomic mass is 32.2. The Morgan fingerprint density at radius 1 is 0.938 bits per heavy atom. The number of benzene rings is 3. The third-order valence-electron chi connectivity index (χ3n) is 4.19. The van der Waals surface area contributed by atoms with Crippen molar-refractivity contribution < 1.29 is 30.6 Å². The van der Waals surface area contributed by atoms with Crippen LogP contribution in [0.1, 0.15) is 16.7 Å². The SMILES string of the molecule is O=C(Cc1ccccc1)N/N=C/c1ccccc1OS(=O)(=O)c1ccc(C(F)(F)F)cc1. The maximum atomic E-state index is 12.7. The Labute approximate surface area is 182 Å². The van der Waals surface area contributed by atoms with Gasteiger partial charge < -0.3 is 4.18 Å². The van der Waals surface area contributed by atoms with Crippen LogP contribution in [0.5, 0.6) is 5.75 Å². The third kappa shape index (κ3) is 6.17. The van der Waals surface area contributed by atoms with Crippen LogP contribution in [0.4, 0.5) is 13.2 Å². The zero-order valence-electron chi connectivity index (χ0n) is 16.4. The third-order valence-corrected chi connectivity index (χ3v) is 5.44. The lowest BCUT2D eigenvalue weighted by atomic mass is 10.1. The van der Waals surface area contributed by atoms with Gasteiger partial charge in [-0.1, -0.05) is 42.5 Å². The number of hydrazone groups is 1. The van der Waals surface area contributed by atoms with Gasteiger partial charge in [0, 0.05) is 5.56 Å². The molecule has 1 amide bonds. The molecule has 0 spiro atoms. The highest BCUT2D eigenvalue weighted by molar-refractivity contribution is 7.87. The Morgan fingerprint density at radius 2 is 1.56 bits per heavy atom. The Hall–Kier alpha value is -3.66. The van der Waals surface area contributed by atoms with Crippen LogP contribution in [0, 0.1) is 0 Å². The van der Waals surface area contributed by atoms with Gasteiger partial charge in [0.25, 0.3) is 0 Å². The fourth-order valence-electron chi connectivity index (χ4n) is 2.63. The van der Waals surface area contributed by atoms with E-state index in [4.69, 9.17) is 4.18 Å². The van der Waals surface area contributed by atoms with Crippen LogP contribution in [0.3, 0.4) is 0 Å². The zero-order valence-corrected chi connectivity index (χ0v) is 17.2. The summed E-state index contributed by atoms with van der Waals surface area (Å²) < 4.78 is 68.1. The summed E-state index contributed by atoms with van der Waals surface area (Å²) in [5, 5.41) is 3.82. The van der Waals surface area contributed by atoms with Crippen LogP contribution in [0.2, 0.25) is 0 Å². The minimum atomic E-state index is -4.59. The molecule has 0 unspecified atom stereocenters. The van der Waals surface area contributed by atoms with E-state index in [1.165, 1.54) is 24.4 Å². The molecule has 32 heavy (non-hydrogen) atoms. The number of nitrogens with one attached hydrogen (secondary N) is 1. The Balaban J connectivity index is 1.70. The first-order chi connectivity index (χ1) is 15.1. The number of hydrogen-bond acceptors (Lipinski definition) is 5. The van der Waals surface area contributed by atoms with Crippen molar-refractivity contribution in [1.82, 2.24) is 5.43 Å². The summed E-state index contributed by atoms with van der Waals surface area (Å²) in [6, 6.07) is 17.9. The summed E-state index contributed by atoms with van der Waals surface area (Å²) in [5.74, 6) is -0.475. The summed E-state index contributed by atoms with van der Waals surface area (Å²) in [6.07, 6.45) is -3.27. The fraction of sp³-hybridized carbons (Fsp3) is 0.0909. The minimum Gasteiger partial charge on any atom is -0.378 e. The van der Waals surface area contributed by atoms with E-state index in [2.05, 4.69) is 10.5 Å². The van der Waals surface area contributed by atoms with E-state index in [1.807, 2.05) is 6.07 Å². The van der Waals surface area contributed by atoms with Crippen LogP contribution in [0.15, 0.2) is 88.9 Å². The Bertz CT molecular complexity index is 1210. The van der Waals surface area contributed by atoms with Crippen LogP contribution in [-0.2, 0) is 27.5 Å². The van der Waals surface area contributed by atoms with E-state index < -0.39 is 26.8 Å². The van der Waals surface area contributed by atoms with Gasteiger partial charge in [0.1, 0.15) is 4.90 Å². The van der Waals surface area contributed by atoms with Crippen molar-refractivity contribution in [3.8, 4) is 5.75 Å². The van der Waals surface area contributed by atoms with Crippen molar-refractivity contribution in [3.63, 3.8) is 0 Å². The van der Waals surface area contributed by atoms with Gasteiger partial charge in [0.2, 0.25) is 5.91 Å². The molecule has 0 saturated heterocycles. The van der Waals surface area contributed by atoms with E-state index in [1.54, 1.807) is 30.3 Å². The largest absolute Gasteiger partial charge is 0.416 e. The molecule has 0 saturated carbocycles. The molecule has 3 rings (SSSR count). The Morgan fingerprint density at radius 3 is 2.22 bits per heavy atom. The number of hydrogen-bond donors (Lipinski definition) is 1. The van der Waals surface area contributed by atoms with Gasteiger partial charge in [0.15, 0.2) is 5.75 Å². The number of amides is 1. The monoisotopic (exact) mass is 462 g/mol. The van der Waals surface area contributed by atoms with Crippen molar-refractivity contribution in [2.75, 3.05) is 0 Å². The lowest BCUT2D eigenvalue weighted by molar-refractivity contribution is -0.137. The molecule has 0 aliphatic carbocycles. The van der Waals surface area contributed by atoms with Crippen molar-refractivity contribution in [2.45, 2.75) is 17.5 Å². The van der Waals surface area contributed by atoms with E-state index in [9.17, 15) is 26.4 Å². The number of nitrogens with zero attached hydrogens (tertiary/aromatic N) is 1. The summed E-state index contributed by atoms with van der Waals surface area (Å²) in [7, 11) is -4.40. The molecule has 0 atom stereocenters. The quantitative estimate of drug-likeness (QED) is 0.325. The number of alkyl halides is 3. The summed E-state index contributed by atoms with van der Waals surface area (Å²) in [5.41, 5.74) is 2.40. The molecular weight excluding hydrogens is 445 g/mol. The molecule has 1 N–H and O–H groups in total. The maximum absolute atomic E-state index is 12.7. The smallest absolute Gasteiger partial charge is 0.378 e. The van der Waals surface area contributed by atoms with E-state index in [0.717, 1.165) is 17.7 Å². The van der Waals surface area contributed by atoms with Gasteiger partial charge in [-0.3, -0.25) is 4.79 Å². The molecule has 0 aromatic heterocycles. The van der Waals surface area contributed by atoms with Crippen molar-refractivity contribution in [1.29, 1.82) is 0 Å². The van der Waals surface area contributed by atoms with Gasteiger partial charge in [-0.05, 0) is 42.0 Å². The first-order valence-electron chi connectivity index (χ1n) is 9.22. The first-order valence-corrected chi connectivity index (χ1v) is 10.6. The second kappa shape index (κ2) is 9.65. The van der Waals surface area contributed by atoms with Gasteiger partial charge in [-0.25, -0.2) is 5.43 Å². The fourth-order valence-corrected chi connectivity index (χ4v) is 3.59. The summed E-state index contributed by atoms with van der Waals surface area (Å²) in [4.78, 5) is 11.5. The first kappa shape index (κ1) is 23.0. The number of carbonyl (C=O) groups excluding carboxylic acids is 1. The molecule has 3 aromatic rings. The Kier molecular flexibility index (Phi) is 6.94. The van der Waals surface area contributed by atoms with Crippen LogP contribution < -0.4 is 9.61 Å². The van der Waals surface area contributed by atoms with Crippen molar-refractivity contribution >= 4 is 22.2 Å². The van der Waals surface area contributed by atoms with Crippen molar-refractivity contribution in [2.24, 2.45) is 5.10 Å². The predicted octanol–water partition coefficient (Wildman–Crippen LogP) is 4.17. The summed E-state index contributed by atoms with van der Waals surface area (Å²) in [6.45, 7) is 0. The van der Waals surface area contributed by atoms with Crippen LogP contribution in [0.25, 0.3) is 0 Å². The maximum Gasteiger partial charge on any atom is 0.416 e. The number of halogens is 3. The van der Waals surface area contributed by atoms with Crippen molar-refractivity contribution in [3.05, 3.63) is 95.6 Å². The molecule has 166 valence electrons. The molecular formula is C22H17F3N2O4S. The molecule has 0 bridgehead atoms. The topological polar surface area (TPSA) is 84.8 Å². The predicted molar refractivity (Wildman–Crippen MR) is 112 cm³/mol. The van der Waals surface area contributed by atoms with Crippen LogP contribution >= 0.6 is 0 Å². The molecule has 10 heteroatoms. The highest BCUT2D eigenvalue weighted by Gasteiger charge is 2.31.